The monoisotopic (exact) mass is 657 g/mol. The van der Waals surface area contributed by atoms with Crippen LogP contribution in [0.25, 0.3) is 0 Å². The second-order valence-corrected chi connectivity index (χ2v) is 14.3. The summed E-state index contributed by atoms with van der Waals surface area (Å²) in [7, 11) is -3.64. The lowest BCUT2D eigenvalue weighted by molar-refractivity contribution is -0.141. The summed E-state index contributed by atoms with van der Waals surface area (Å²) in [5.74, 6) is -0.397. The minimum Gasteiger partial charge on any atom is -0.352 e. The molecule has 3 aromatic rings. The molecular formula is C34H41Cl2N3O4S. The Morgan fingerprint density at radius 1 is 0.909 bits per heavy atom. The zero-order valence-electron chi connectivity index (χ0n) is 25.3. The van der Waals surface area contributed by atoms with Crippen molar-refractivity contribution >= 4 is 50.7 Å². The molecule has 1 saturated carbocycles. The quantitative estimate of drug-likeness (QED) is 0.216. The van der Waals surface area contributed by atoms with Gasteiger partial charge >= 0.3 is 0 Å². The molecule has 7 nitrogen and oxygen atoms in total. The molecular weight excluding hydrogens is 617 g/mol. The smallest absolute Gasteiger partial charge is 0.243 e. The van der Waals surface area contributed by atoms with Crippen LogP contribution >= 0.6 is 23.2 Å². The Labute approximate surface area is 271 Å². The van der Waals surface area contributed by atoms with Crippen LogP contribution in [0.4, 0.5) is 5.69 Å². The largest absolute Gasteiger partial charge is 0.352 e. The summed E-state index contributed by atoms with van der Waals surface area (Å²) in [6.07, 6.45) is 7.00. The first-order valence-corrected chi connectivity index (χ1v) is 17.7. The molecule has 3 aromatic carbocycles. The highest BCUT2D eigenvalue weighted by molar-refractivity contribution is 7.92. The van der Waals surface area contributed by atoms with E-state index in [1.807, 2.05) is 49.4 Å². The highest BCUT2D eigenvalue weighted by Gasteiger charge is 2.32. The van der Waals surface area contributed by atoms with E-state index in [9.17, 15) is 18.0 Å². The van der Waals surface area contributed by atoms with Crippen LogP contribution in [0, 0.1) is 6.92 Å². The summed E-state index contributed by atoms with van der Waals surface area (Å²) in [4.78, 5) is 29.7. The van der Waals surface area contributed by atoms with Gasteiger partial charge in [0.2, 0.25) is 21.8 Å². The van der Waals surface area contributed by atoms with Crippen molar-refractivity contribution in [1.29, 1.82) is 0 Å². The molecule has 0 aromatic heterocycles. The second-order valence-electron chi connectivity index (χ2n) is 11.6. The number of nitrogens with one attached hydrogen (secondary N) is 1. The van der Waals surface area contributed by atoms with Crippen LogP contribution in [-0.4, -0.2) is 50.0 Å². The third-order valence-electron chi connectivity index (χ3n) is 8.08. The molecule has 1 unspecified atom stereocenters. The van der Waals surface area contributed by atoms with Gasteiger partial charge in [-0.1, -0.05) is 91.0 Å². The maximum Gasteiger partial charge on any atom is 0.243 e. The minimum atomic E-state index is -3.64. The van der Waals surface area contributed by atoms with Gasteiger partial charge < -0.3 is 10.2 Å². The molecule has 1 N–H and O–H groups in total. The van der Waals surface area contributed by atoms with Crippen LogP contribution in [-0.2, 0) is 32.6 Å². The number of rotatable bonds is 13. The first-order valence-electron chi connectivity index (χ1n) is 15.1. The standard InChI is InChI=1S/C34H41Cl2N3O4S/c1-25-15-18-29(36)23-31(25)39(44(2,42)43)21-9-14-33(40)38(24-27-16-19-28(35)20-17-27)32(22-26-10-5-3-6-11-26)34(41)37-30-12-7-4-8-13-30/h3,5-6,10-11,15-20,23,30,32H,4,7-9,12-14,21-22,24H2,1-2H3,(H,37,41). The van der Waals surface area contributed by atoms with Crippen molar-refractivity contribution in [3.8, 4) is 0 Å². The van der Waals surface area contributed by atoms with Crippen molar-refractivity contribution in [3.63, 3.8) is 0 Å². The molecule has 0 radical (unpaired) electrons. The molecule has 44 heavy (non-hydrogen) atoms. The fraction of sp³-hybridized carbons (Fsp3) is 0.412. The predicted octanol–water partition coefficient (Wildman–Crippen LogP) is 6.94. The molecule has 10 heteroatoms. The van der Waals surface area contributed by atoms with E-state index in [0.29, 0.717) is 22.2 Å². The molecule has 1 fully saturated rings. The van der Waals surface area contributed by atoms with Gasteiger partial charge in [-0.2, -0.15) is 0 Å². The lowest BCUT2D eigenvalue weighted by Gasteiger charge is -2.34. The number of carbonyl (C=O) groups is 2. The molecule has 2 amide bonds. The minimum absolute atomic E-state index is 0.0568. The summed E-state index contributed by atoms with van der Waals surface area (Å²) in [6, 6.07) is 21.4. The highest BCUT2D eigenvalue weighted by atomic mass is 35.5. The number of carbonyl (C=O) groups excluding carboxylic acids is 2. The third-order valence-corrected chi connectivity index (χ3v) is 9.75. The first kappa shape index (κ1) is 33.8. The fourth-order valence-electron chi connectivity index (χ4n) is 5.72. The highest BCUT2D eigenvalue weighted by Crippen LogP contribution is 2.27. The molecule has 0 aliphatic heterocycles. The Morgan fingerprint density at radius 3 is 2.23 bits per heavy atom. The van der Waals surface area contributed by atoms with E-state index >= 15 is 0 Å². The lowest BCUT2D eigenvalue weighted by Crippen LogP contribution is -2.52. The van der Waals surface area contributed by atoms with Gasteiger partial charge in [0, 0.05) is 42.0 Å². The Hall–Kier alpha value is -3.07. The summed E-state index contributed by atoms with van der Waals surface area (Å²) in [5.41, 5.74) is 3.04. The number of hydrogen-bond donors (Lipinski definition) is 1. The van der Waals surface area contributed by atoms with Crippen LogP contribution in [0.3, 0.4) is 0 Å². The van der Waals surface area contributed by atoms with Gasteiger partial charge in [-0.25, -0.2) is 8.42 Å². The Morgan fingerprint density at radius 2 is 1.57 bits per heavy atom. The zero-order chi connectivity index (χ0) is 31.7. The summed E-state index contributed by atoms with van der Waals surface area (Å²) < 4.78 is 26.9. The van der Waals surface area contributed by atoms with Crippen molar-refractivity contribution in [2.75, 3.05) is 17.1 Å². The molecule has 1 aliphatic carbocycles. The van der Waals surface area contributed by atoms with Gasteiger partial charge in [0.05, 0.1) is 11.9 Å². The molecule has 0 heterocycles. The van der Waals surface area contributed by atoms with E-state index in [1.165, 1.54) is 10.7 Å². The van der Waals surface area contributed by atoms with Crippen LogP contribution < -0.4 is 9.62 Å². The molecule has 1 aliphatic rings. The van der Waals surface area contributed by atoms with Crippen LogP contribution in [0.1, 0.15) is 61.6 Å². The van der Waals surface area contributed by atoms with E-state index in [2.05, 4.69) is 5.32 Å². The Balaban J connectivity index is 1.60. The number of amides is 2. The lowest BCUT2D eigenvalue weighted by atomic mass is 9.94. The van der Waals surface area contributed by atoms with E-state index in [0.717, 1.165) is 48.6 Å². The second kappa shape index (κ2) is 15.8. The number of anilines is 1. The normalized spacial score (nSPS) is 14.5. The Bertz CT molecular complexity index is 1510. The number of nitrogens with zero attached hydrogens (tertiary/aromatic N) is 2. The van der Waals surface area contributed by atoms with E-state index in [4.69, 9.17) is 23.2 Å². The topological polar surface area (TPSA) is 86.8 Å². The van der Waals surface area contributed by atoms with Crippen LogP contribution in [0.2, 0.25) is 10.0 Å². The average Bonchev–Trinajstić information content (AvgIpc) is 2.99. The number of sulfonamides is 1. The molecule has 1 atom stereocenters. The molecule has 4 rings (SSSR count). The summed E-state index contributed by atoms with van der Waals surface area (Å²) >= 11 is 12.3. The Kier molecular flexibility index (Phi) is 12.1. The zero-order valence-corrected chi connectivity index (χ0v) is 27.7. The number of benzene rings is 3. The average molecular weight is 659 g/mol. The molecule has 0 spiro atoms. The van der Waals surface area contributed by atoms with Crippen LogP contribution in [0.5, 0.6) is 0 Å². The van der Waals surface area contributed by atoms with Crippen molar-refractivity contribution in [1.82, 2.24) is 10.2 Å². The third kappa shape index (κ3) is 9.71. The van der Waals surface area contributed by atoms with E-state index in [1.54, 1.807) is 35.2 Å². The van der Waals surface area contributed by atoms with Gasteiger partial charge in [-0.15, -0.1) is 0 Å². The molecule has 236 valence electrons. The maximum atomic E-state index is 14.1. The predicted molar refractivity (Wildman–Crippen MR) is 179 cm³/mol. The SMILES string of the molecule is Cc1ccc(Cl)cc1N(CCCC(=O)N(Cc1ccc(Cl)cc1)C(Cc1ccccc1)C(=O)NC1CCCCC1)S(C)(=O)=O. The first-order chi connectivity index (χ1) is 21.0. The fourth-order valence-corrected chi connectivity index (χ4v) is 7.03. The van der Waals surface area contributed by atoms with Crippen molar-refractivity contribution in [2.45, 2.75) is 76.9 Å². The molecule has 0 saturated heterocycles. The number of halogens is 2. The van der Waals surface area contributed by atoms with Crippen LogP contribution in [0.15, 0.2) is 72.8 Å². The van der Waals surface area contributed by atoms with Crippen molar-refractivity contribution < 1.29 is 18.0 Å². The van der Waals surface area contributed by atoms with Gasteiger partial charge in [-0.3, -0.25) is 13.9 Å². The van der Waals surface area contributed by atoms with Gasteiger partial charge in [0.15, 0.2) is 0 Å². The van der Waals surface area contributed by atoms with Gasteiger partial charge in [0.1, 0.15) is 6.04 Å². The maximum absolute atomic E-state index is 14.1. The van der Waals surface area contributed by atoms with E-state index in [-0.39, 0.29) is 43.8 Å². The number of hydrogen-bond acceptors (Lipinski definition) is 4. The molecule has 0 bridgehead atoms. The summed E-state index contributed by atoms with van der Waals surface area (Å²) in [6.45, 7) is 2.13. The van der Waals surface area contributed by atoms with Crippen molar-refractivity contribution in [3.05, 3.63) is 99.5 Å². The van der Waals surface area contributed by atoms with E-state index < -0.39 is 16.1 Å². The van der Waals surface area contributed by atoms with Gasteiger partial charge in [0.25, 0.3) is 0 Å². The van der Waals surface area contributed by atoms with Gasteiger partial charge in [-0.05, 0) is 67.1 Å². The summed E-state index contributed by atoms with van der Waals surface area (Å²) in [5, 5.41) is 4.25. The van der Waals surface area contributed by atoms with Crippen molar-refractivity contribution in [2.24, 2.45) is 0 Å². The number of aryl methyl sites for hydroxylation is 1.